The minimum atomic E-state index is -3.77. The number of hydrogen-bond donors (Lipinski definition) is 0. The van der Waals surface area contributed by atoms with E-state index in [4.69, 9.17) is 4.42 Å². The highest BCUT2D eigenvalue weighted by atomic mass is 32.2. The predicted molar refractivity (Wildman–Crippen MR) is 109 cm³/mol. The smallest absolute Gasteiger partial charge is 0.250 e. The lowest BCUT2D eigenvalue weighted by atomic mass is 10.0. The van der Waals surface area contributed by atoms with Crippen LogP contribution >= 0.6 is 0 Å². The Morgan fingerprint density at radius 3 is 2.31 bits per heavy atom. The van der Waals surface area contributed by atoms with Gasteiger partial charge in [0.1, 0.15) is 11.3 Å². The summed E-state index contributed by atoms with van der Waals surface area (Å²) in [6, 6.07) is 12.7. The maximum atomic E-state index is 13.3. The number of furan rings is 1. The number of benzene rings is 2. The van der Waals surface area contributed by atoms with Gasteiger partial charge in [-0.05, 0) is 53.9 Å². The molecular weight excluding hydrogens is 396 g/mol. The molecule has 0 bridgehead atoms. The molecule has 0 unspecified atom stereocenters. The fraction of sp³-hybridized carbons (Fsp3) is 0.364. The van der Waals surface area contributed by atoms with Gasteiger partial charge in [0.05, 0.1) is 4.90 Å². The van der Waals surface area contributed by atoms with Gasteiger partial charge in [0.2, 0.25) is 10.0 Å². The summed E-state index contributed by atoms with van der Waals surface area (Å²) in [6.45, 7) is 3.71. The first-order valence-electron chi connectivity index (χ1n) is 9.71. The fourth-order valence-electron chi connectivity index (χ4n) is 3.74. The molecule has 0 spiro atoms. The topological polar surface area (TPSA) is 50.5 Å². The van der Waals surface area contributed by atoms with E-state index in [1.54, 1.807) is 24.3 Å². The first-order valence-corrected chi connectivity index (χ1v) is 11.1. The van der Waals surface area contributed by atoms with Crippen LogP contribution in [0.15, 0.2) is 51.8 Å². The highest BCUT2D eigenvalue weighted by molar-refractivity contribution is 7.89. The van der Waals surface area contributed by atoms with Gasteiger partial charge in [-0.2, -0.15) is 4.31 Å². The van der Waals surface area contributed by atoms with Crippen LogP contribution < -0.4 is 0 Å². The van der Waals surface area contributed by atoms with Crippen LogP contribution in [0.2, 0.25) is 0 Å². The molecule has 154 valence electrons. The lowest BCUT2D eigenvalue weighted by molar-refractivity contribution is -0.0412. The van der Waals surface area contributed by atoms with E-state index in [2.05, 4.69) is 0 Å². The molecule has 1 aliphatic rings. The van der Waals surface area contributed by atoms with Crippen LogP contribution in [0, 0.1) is 6.92 Å². The summed E-state index contributed by atoms with van der Waals surface area (Å²) in [5.41, 5.74) is 3.74. The highest BCUT2D eigenvalue weighted by Gasteiger charge is 2.38. The van der Waals surface area contributed by atoms with Gasteiger partial charge in [0.15, 0.2) is 0 Å². The Morgan fingerprint density at radius 1 is 1.03 bits per heavy atom. The second-order valence-electron chi connectivity index (χ2n) is 7.56. The van der Waals surface area contributed by atoms with Gasteiger partial charge in [-0.1, -0.05) is 19.1 Å². The van der Waals surface area contributed by atoms with Gasteiger partial charge < -0.3 is 4.42 Å². The number of alkyl halides is 2. The van der Waals surface area contributed by atoms with Crippen molar-refractivity contribution >= 4 is 21.0 Å². The van der Waals surface area contributed by atoms with Gasteiger partial charge >= 0.3 is 0 Å². The molecule has 2 aromatic carbocycles. The van der Waals surface area contributed by atoms with Crippen molar-refractivity contribution in [3.63, 3.8) is 0 Å². The molecule has 2 heterocycles. The largest absolute Gasteiger partial charge is 0.461 e. The summed E-state index contributed by atoms with van der Waals surface area (Å²) < 4.78 is 59.2. The zero-order valence-corrected chi connectivity index (χ0v) is 17.2. The molecule has 1 fully saturated rings. The van der Waals surface area contributed by atoms with Gasteiger partial charge in [0.25, 0.3) is 5.92 Å². The molecule has 1 aliphatic heterocycles. The predicted octanol–water partition coefficient (Wildman–Crippen LogP) is 5.39. The molecule has 7 heteroatoms. The van der Waals surface area contributed by atoms with Crippen LogP contribution in [0.25, 0.3) is 22.1 Å². The van der Waals surface area contributed by atoms with Gasteiger partial charge in [-0.3, -0.25) is 0 Å². The fourth-order valence-corrected chi connectivity index (χ4v) is 5.19. The molecule has 3 aromatic rings. The molecule has 0 N–H and O–H groups in total. The zero-order valence-electron chi connectivity index (χ0n) is 16.4. The van der Waals surface area contributed by atoms with Crippen molar-refractivity contribution < 1.29 is 21.6 Å². The average Bonchev–Trinajstić information content (AvgIpc) is 3.12. The standard InChI is InChI=1S/C22H23F2NO3S/c1-3-19-14-18-13-17(12-15(2)21(18)28-19)16-4-6-20(7-5-16)29(26,27)25-10-8-22(23,24)9-11-25/h4-7,12-14H,3,8-11H2,1-2H3. The molecular formula is C22H23F2NO3S. The van der Waals surface area contributed by atoms with E-state index in [1.165, 1.54) is 0 Å². The summed E-state index contributed by atoms with van der Waals surface area (Å²) in [6.07, 6.45) is -0.0550. The first kappa shape index (κ1) is 20.0. The molecule has 0 atom stereocenters. The Kier molecular flexibility index (Phi) is 4.99. The molecule has 1 saturated heterocycles. The van der Waals surface area contributed by atoms with Crippen molar-refractivity contribution in [3.8, 4) is 11.1 Å². The SMILES string of the molecule is CCc1cc2cc(-c3ccc(S(=O)(=O)N4CCC(F)(F)CC4)cc3)cc(C)c2o1. The van der Waals surface area contributed by atoms with Crippen LogP contribution in [-0.2, 0) is 16.4 Å². The molecule has 29 heavy (non-hydrogen) atoms. The zero-order chi connectivity index (χ0) is 20.8. The van der Waals surface area contributed by atoms with Gasteiger partial charge in [-0.15, -0.1) is 0 Å². The summed E-state index contributed by atoms with van der Waals surface area (Å²) in [4.78, 5) is 0.126. The Hall–Kier alpha value is -2.25. The van der Waals surface area contributed by atoms with E-state index >= 15 is 0 Å². The van der Waals surface area contributed by atoms with E-state index in [1.807, 2.05) is 32.0 Å². The number of piperidine rings is 1. The maximum Gasteiger partial charge on any atom is 0.250 e. The number of hydrogen-bond acceptors (Lipinski definition) is 3. The van der Waals surface area contributed by atoms with Crippen LogP contribution in [0.3, 0.4) is 0 Å². The Labute approximate surface area is 169 Å². The molecule has 0 saturated carbocycles. The minimum Gasteiger partial charge on any atom is -0.461 e. The van der Waals surface area contributed by atoms with Crippen LogP contribution in [0.1, 0.15) is 31.1 Å². The molecule has 0 amide bonds. The first-order chi connectivity index (χ1) is 13.7. The van der Waals surface area contributed by atoms with Gasteiger partial charge in [0, 0.05) is 37.7 Å². The normalized spacial score (nSPS) is 17.7. The van der Waals surface area contributed by atoms with E-state index in [0.29, 0.717) is 0 Å². The summed E-state index contributed by atoms with van der Waals surface area (Å²) in [5, 5.41) is 1.02. The van der Waals surface area contributed by atoms with Crippen molar-refractivity contribution in [2.24, 2.45) is 0 Å². The van der Waals surface area contributed by atoms with Crippen LogP contribution in [0.5, 0.6) is 0 Å². The van der Waals surface area contributed by atoms with Crippen LogP contribution in [-0.4, -0.2) is 31.7 Å². The third kappa shape index (κ3) is 3.81. The second-order valence-corrected chi connectivity index (χ2v) is 9.50. The Bertz CT molecular complexity index is 1140. The third-order valence-corrected chi connectivity index (χ3v) is 7.39. The lowest BCUT2D eigenvalue weighted by Gasteiger charge is -2.30. The van der Waals surface area contributed by atoms with Crippen molar-refractivity contribution in [2.75, 3.05) is 13.1 Å². The van der Waals surface area contributed by atoms with E-state index in [0.717, 1.165) is 44.1 Å². The van der Waals surface area contributed by atoms with Gasteiger partial charge in [-0.25, -0.2) is 17.2 Å². The molecule has 4 nitrogen and oxygen atoms in total. The monoisotopic (exact) mass is 419 g/mol. The Morgan fingerprint density at radius 2 is 1.69 bits per heavy atom. The van der Waals surface area contributed by atoms with Crippen molar-refractivity contribution in [1.82, 2.24) is 4.31 Å². The van der Waals surface area contributed by atoms with E-state index < -0.39 is 28.8 Å². The Balaban J connectivity index is 1.62. The average molecular weight is 419 g/mol. The quantitative estimate of drug-likeness (QED) is 0.570. The molecule has 4 rings (SSSR count). The van der Waals surface area contributed by atoms with E-state index in [9.17, 15) is 17.2 Å². The number of nitrogens with zero attached hydrogens (tertiary/aromatic N) is 1. The molecule has 1 aromatic heterocycles. The van der Waals surface area contributed by atoms with Crippen LogP contribution in [0.4, 0.5) is 8.78 Å². The number of rotatable bonds is 4. The summed E-state index contributed by atoms with van der Waals surface area (Å²) >= 11 is 0. The third-order valence-electron chi connectivity index (χ3n) is 5.48. The highest BCUT2D eigenvalue weighted by Crippen LogP contribution is 2.33. The number of fused-ring (bicyclic) bond motifs is 1. The van der Waals surface area contributed by atoms with Crippen molar-refractivity contribution in [1.29, 1.82) is 0 Å². The summed E-state index contributed by atoms with van der Waals surface area (Å²) in [5.74, 6) is -1.86. The molecule has 0 radical (unpaired) electrons. The lowest BCUT2D eigenvalue weighted by Crippen LogP contribution is -2.42. The maximum absolute atomic E-state index is 13.3. The van der Waals surface area contributed by atoms with E-state index in [-0.39, 0.29) is 18.0 Å². The van der Waals surface area contributed by atoms with Crippen molar-refractivity contribution in [2.45, 2.75) is 43.9 Å². The summed E-state index contributed by atoms with van der Waals surface area (Å²) in [7, 11) is -3.77. The molecule has 0 aliphatic carbocycles. The number of sulfonamides is 1. The number of halogens is 2. The van der Waals surface area contributed by atoms with Crippen molar-refractivity contribution in [3.05, 3.63) is 53.8 Å². The minimum absolute atomic E-state index is 0.126. The number of aryl methyl sites for hydroxylation is 2. The second kappa shape index (κ2) is 7.22.